The molecule has 1 heterocycles. The van der Waals surface area contributed by atoms with Gasteiger partial charge < -0.3 is 14.8 Å². The Kier molecular flexibility index (Phi) is 7.06. The van der Waals surface area contributed by atoms with Gasteiger partial charge in [0.05, 0.1) is 18.5 Å². The van der Waals surface area contributed by atoms with Crippen molar-refractivity contribution >= 4 is 0 Å². The molecule has 0 bridgehead atoms. The highest BCUT2D eigenvalue weighted by atomic mass is 16.5. The van der Waals surface area contributed by atoms with Crippen LogP contribution < -0.4 is 10.1 Å². The van der Waals surface area contributed by atoms with Crippen molar-refractivity contribution in [3.8, 4) is 5.75 Å². The third-order valence-corrected chi connectivity index (χ3v) is 2.33. The van der Waals surface area contributed by atoms with Crippen molar-refractivity contribution in [2.45, 2.75) is 20.4 Å². The summed E-state index contributed by atoms with van der Waals surface area (Å²) in [6.45, 7) is 6.99. The van der Waals surface area contributed by atoms with Gasteiger partial charge in [0.15, 0.2) is 0 Å². The van der Waals surface area contributed by atoms with Gasteiger partial charge in [0.25, 0.3) is 0 Å². The molecule has 18 heavy (non-hydrogen) atoms. The van der Waals surface area contributed by atoms with Crippen LogP contribution in [0.25, 0.3) is 0 Å². The van der Waals surface area contributed by atoms with Gasteiger partial charge >= 0.3 is 0 Å². The summed E-state index contributed by atoms with van der Waals surface area (Å²) in [4.78, 5) is 4.33. The summed E-state index contributed by atoms with van der Waals surface area (Å²) >= 11 is 0. The quantitative estimate of drug-likeness (QED) is 0.567. The minimum atomic E-state index is 0.593. The van der Waals surface area contributed by atoms with Gasteiger partial charge in [-0.15, -0.1) is 0 Å². The van der Waals surface area contributed by atoms with Gasteiger partial charge in [0.1, 0.15) is 12.4 Å². The Labute approximate surface area is 109 Å². The van der Waals surface area contributed by atoms with Crippen molar-refractivity contribution in [2.75, 3.05) is 26.9 Å². The molecule has 100 valence electrons. The maximum Gasteiger partial charge on any atom is 0.138 e. The third kappa shape index (κ3) is 6.37. The lowest BCUT2D eigenvalue weighted by atomic mass is 10.3. The first-order valence-corrected chi connectivity index (χ1v) is 6.13. The molecule has 4 nitrogen and oxygen atoms in total. The highest BCUT2D eigenvalue weighted by Crippen LogP contribution is 2.09. The number of methoxy groups -OCH3 is 1. The van der Waals surface area contributed by atoms with E-state index in [9.17, 15) is 0 Å². The Balaban J connectivity index is 2.31. The summed E-state index contributed by atoms with van der Waals surface area (Å²) < 4.78 is 10.5. The maximum atomic E-state index is 5.54. The second-order valence-corrected chi connectivity index (χ2v) is 4.25. The average Bonchev–Trinajstić information content (AvgIpc) is 2.36. The van der Waals surface area contributed by atoms with Gasteiger partial charge in [-0.2, -0.15) is 0 Å². The zero-order valence-electron chi connectivity index (χ0n) is 11.4. The summed E-state index contributed by atoms with van der Waals surface area (Å²) in [5.74, 6) is 0.799. The first kappa shape index (κ1) is 14.7. The molecule has 0 spiro atoms. The molecule has 0 radical (unpaired) electrons. The molecule has 0 aliphatic heterocycles. The zero-order valence-corrected chi connectivity index (χ0v) is 11.4. The number of ether oxygens (including phenoxy) is 2. The van der Waals surface area contributed by atoms with Crippen molar-refractivity contribution in [1.82, 2.24) is 10.3 Å². The fourth-order valence-corrected chi connectivity index (χ4v) is 1.30. The van der Waals surface area contributed by atoms with Crippen molar-refractivity contribution in [2.24, 2.45) is 0 Å². The van der Waals surface area contributed by atoms with Crippen LogP contribution in [0.5, 0.6) is 5.75 Å². The third-order valence-electron chi connectivity index (χ3n) is 2.33. The number of rotatable bonds is 8. The zero-order chi connectivity index (χ0) is 13.2. The summed E-state index contributed by atoms with van der Waals surface area (Å²) in [7, 11) is 1.69. The van der Waals surface area contributed by atoms with Crippen molar-refractivity contribution < 1.29 is 9.47 Å². The predicted octanol–water partition coefficient (Wildman–Crippen LogP) is 2.16. The minimum Gasteiger partial charge on any atom is -0.488 e. The smallest absolute Gasteiger partial charge is 0.138 e. The molecule has 0 atom stereocenters. The average molecular weight is 250 g/mol. The molecule has 0 unspecified atom stereocenters. The number of hydrogen-bond donors (Lipinski definition) is 1. The van der Waals surface area contributed by atoms with Crippen molar-refractivity contribution in [3.63, 3.8) is 0 Å². The van der Waals surface area contributed by atoms with Gasteiger partial charge in [-0.1, -0.05) is 5.57 Å². The summed E-state index contributed by atoms with van der Waals surface area (Å²) in [6.07, 6.45) is 3.80. The second-order valence-electron chi connectivity index (χ2n) is 4.25. The summed E-state index contributed by atoms with van der Waals surface area (Å²) in [6, 6.07) is 3.91. The molecule has 1 aromatic heterocycles. The van der Waals surface area contributed by atoms with Crippen LogP contribution in [0.3, 0.4) is 0 Å². The molecule has 1 N–H and O–H groups in total. The van der Waals surface area contributed by atoms with Crippen LogP contribution in [0.1, 0.15) is 19.5 Å². The SMILES string of the molecule is COCCNCc1ccc(OCC=C(C)C)cn1. The van der Waals surface area contributed by atoms with Crippen LogP contribution >= 0.6 is 0 Å². The molecule has 0 aliphatic rings. The molecular formula is C14H22N2O2. The Morgan fingerprint density at radius 1 is 1.39 bits per heavy atom. The van der Waals surface area contributed by atoms with Crippen LogP contribution in [-0.4, -0.2) is 31.9 Å². The maximum absolute atomic E-state index is 5.54. The van der Waals surface area contributed by atoms with Gasteiger partial charge in [0.2, 0.25) is 0 Å². The number of nitrogens with zero attached hydrogens (tertiary/aromatic N) is 1. The molecule has 0 aliphatic carbocycles. The van der Waals surface area contributed by atoms with Crippen molar-refractivity contribution in [1.29, 1.82) is 0 Å². The highest BCUT2D eigenvalue weighted by Gasteiger charge is 1.96. The van der Waals surface area contributed by atoms with E-state index in [4.69, 9.17) is 9.47 Å². The molecule has 0 aromatic carbocycles. The van der Waals surface area contributed by atoms with E-state index in [1.54, 1.807) is 13.3 Å². The predicted molar refractivity (Wildman–Crippen MR) is 72.7 cm³/mol. The van der Waals surface area contributed by atoms with E-state index in [-0.39, 0.29) is 0 Å². The van der Waals surface area contributed by atoms with E-state index in [2.05, 4.69) is 24.1 Å². The first-order chi connectivity index (χ1) is 8.72. The Bertz CT molecular complexity index is 357. The Hall–Kier alpha value is -1.39. The Morgan fingerprint density at radius 2 is 2.22 bits per heavy atom. The second kappa shape index (κ2) is 8.66. The molecule has 0 amide bonds. The molecular weight excluding hydrogens is 228 g/mol. The largest absolute Gasteiger partial charge is 0.488 e. The summed E-state index contributed by atoms with van der Waals surface area (Å²) in [5.41, 5.74) is 2.25. The van der Waals surface area contributed by atoms with Crippen LogP contribution in [-0.2, 0) is 11.3 Å². The normalized spacial score (nSPS) is 10.2. The monoisotopic (exact) mass is 250 g/mol. The van der Waals surface area contributed by atoms with Crippen LogP contribution in [0.2, 0.25) is 0 Å². The highest BCUT2D eigenvalue weighted by molar-refractivity contribution is 5.20. The number of hydrogen-bond acceptors (Lipinski definition) is 4. The standard InChI is InChI=1S/C14H22N2O2/c1-12(2)6-8-18-14-5-4-13(16-11-14)10-15-7-9-17-3/h4-6,11,15H,7-10H2,1-3H3. The summed E-state index contributed by atoms with van der Waals surface area (Å²) in [5, 5.41) is 3.24. The fraction of sp³-hybridized carbons (Fsp3) is 0.500. The lowest BCUT2D eigenvalue weighted by Gasteiger charge is -2.06. The minimum absolute atomic E-state index is 0.593. The Morgan fingerprint density at radius 3 is 2.83 bits per heavy atom. The van der Waals surface area contributed by atoms with E-state index >= 15 is 0 Å². The number of pyridine rings is 1. The van der Waals surface area contributed by atoms with E-state index in [1.165, 1.54) is 5.57 Å². The molecule has 1 aromatic rings. The molecule has 0 fully saturated rings. The molecule has 1 rings (SSSR count). The van der Waals surface area contributed by atoms with Gasteiger partial charge in [-0.05, 0) is 32.1 Å². The first-order valence-electron chi connectivity index (χ1n) is 6.13. The van der Waals surface area contributed by atoms with Crippen LogP contribution in [0.15, 0.2) is 30.0 Å². The van der Waals surface area contributed by atoms with Gasteiger partial charge in [-0.3, -0.25) is 4.98 Å². The lowest BCUT2D eigenvalue weighted by molar-refractivity contribution is 0.199. The van der Waals surface area contributed by atoms with Gasteiger partial charge in [0, 0.05) is 20.2 Å². The van der Waals surface area contributed by atoms with E-state index in [0.717, 1.165) is 24.5 Å². The van der Waals surface area contributed by atoms with E-state index in [0.29, 0.717) is 13.2 Å². The van der Waals surface area contributed by atoms with Crippen LogP contribution in [0.4, 0.5) is 0 Å². The molecule has 0 saturated heterocycles. The topological polar surface area (TPSA) is 43.4 Å². The van der Waals surface area contributed by atoms with E-state index in [1.807, 2.05) is 18.2 Å². The number of nitrogens with one attached hydrogen (secondary N) is 1. The van der Waals surface area contributed by atoms with Crippen molar-refractivity contribution in [3.05, 3.63) is 35.7 Å². The molecule has 4 heteroatoms. The number of aromatic nitrogens is 1. The van der Waals surface area contributed by atoms with Crippen LogP contribution in [0, 0.1) is 0 Å². The van der Waals surface area contributed by atoms with Gasteiger partial charge in [-0.25, -0.2) is 0 Å². The fourth-order valence-electron chi connectivity index (χ4n) is 1.30. The lowest BCUT2D eigenvalue weighted by Crippen LogP contribution is -2.19. The van der Waals surface area contributed by atoms with E-state index < -0.39 is 0 Å². The number of allylic oxidation sites excluding steroid dienone is 1. The molecule has 0 saturated carbocycles.